The molecular weight excluding hydrogens is 238 g/mol. The van der Waals surface area contributed by atoms with E-state index in [-0.39, 0.29) is 17.8 Å². The summed E-state index contributed by atoms with van der Waals surface area (Å²) in [5.74, 6) is 0. The van der Waals surface area contributed by atoms with Crippen molar-refractivity contribution >= 4 is 21.6 Å². The van der Waals surface area contributed by atoms with E-state index in [0.717, 1.165) is 0 Å². The van der Waals surface area contributed by atoms with Crippen LogP contribution in [-0.4, -0.2) is 9.91 Å². The lowest BCUT2D eigenvalue weighted by atomic mass is 10.2. The molecule has 1 rings (SSSR count). The Balaban J connectivity index is 3.20. The van der Waals surface area contributed by atoms with Gasteiger partial charge in [-0.3, -0.25) is 15.1 Å². The van der Waals surface area contributed by atoms with Crippen molar-refractivity contribution in [1.82, 2.24) is 4.98 Å². The van der Waals surface area contributed by atoms with Gasteiger partial charge in [-0.15, -0.1) is 0 Å². The van der Waals surface area contributed by atoms with Crippen molar-refractivity contribution < 1.29 is 4.92 Å². The molecule has 0 N–H and O–H groups in total. The molecule has 0 unspecified atom stereocenters. The summed E-state index contributed by atoms with van der Waals surface area (Å²) in [5.41, 5.74) is 0.0617. The van der Waals surface area contributed by atoms with Crippen LogP contribution in [0.5, 0.6) is 0 Å². The molecule has 0 radical (unpaired) electrons. The highest BCUT2D eigenvalue weighted by atomic mass is 79.9. The Kier molecular flexibility index (Phi) is 2.93. The van der Waals surface area contributed by atoms with E-state index in [0.29, 0.717) is 4.47 Å². The largest absolute Gasteiger partial charge is 0.292 e. The van der Waals surface area contributed by atoms with Gasteiger partial charge in [0.2, 0.25) is 0 Å². The lowest BCUT2D eigenvalue weighted by molar-refractivity contribution is -0.385. The second kappa shape index (κ2) is 3.96. The fourth-order valence-corrected chi connectivity index (χ4v) is 1.15. The van der Waals surface area contributed by atoms with Gasteiger partial charge in [-0.1, -0.05) is 0 Å². The Hall–Kier alpha value is -1.48. The Morgan fingerprint density at radius 2 is 2.46 bits per heavy atom. The number of hydrogen-bond acceptors (Lipinski definition) is 4. The summed E-state index contributed by atoms with van der Waals surface area (Å²) in [4.78, 5) is 13.7. The minimum Gasteiger partial charge on any atom is -0.258 e. The molecule has 0 atom stereocenters. The zero-order valence-electron chi connectivity index (χ0n) is 6.40. The van der Waals surface area contributed by atoms with Gasteiger partial charge in [-0.2, -0.15) is 5.26 Å². The van der Waals surface area contributed by atoms with Crippen LogP contribution in [0.1, 0.15) is 5.69 Å². The van der Waals surface area contributed by atoms with Crippen molar-refractivity contribution in [1.29, 1.82) is 5.26 Å². The number of nitro groups is 1. The molecule has 0 fully saturated rings. The van der Waals surface area contributed by atoms with Gasteiger partial charge < -0.3 is 0 Å². The maximum Gasteiger partial charge on any atom is 0.292 e. The Morgan fingerprint density at radius 1 is 1.77 bits per heavy atom. The van der Waals surface area contributed by atoms with Gasteiger partial charge in [0.25, 0.3) is 5.69 Å². The van der Waals surface area contributed by atoms with Gasteiger partial charge >= 0.3 is 0 Å². The number of hydrogen-bond donors (Lipinski definition) is 0. The molecule has 1 aromatic heterocycles. The molecule has 0 amide bonds. The first-order valence-corrected chi connectivity index (χ1v) is 4.10. The van der Waals surface area contributed by atoms with Crippen LogP contribution < -0.4 is 0 Å². The first-order chi connectivity index (χ1) is 6.15. The molecule has 0 aliphatic heterocycles. The third-order valence-corrected chi connectivity index (χ3v) is 1.79. The summed E-state index contributed by atoms with van der Waals surface area (Å²) >= 11 is 3.07. The number of rotatable bonds is 2. The average Bonchev–Trinajstić information content (AvgIpc) is 2.08. The van der Waals surface area contributed by atoms with E-state index in [1.54, 1.807) is 0 Å². The summed E-state index contributed by atoms with van der Waals surface area (Å²) in [7, 11) is 0. The highest BCUT2D eigenvalue weighted by molar-refractivity contribution is 9.10. The molecule has 0 aliphatic rings. The summed E-state index contributed by atoms with van der Waals surface area (Å²) in [6, 6.07) is 3.15. The van der Waals surface area contributed by atoms with E-state index >= 15 is 0 Å². The molecule has 0 spiro atoms. The predicted octanol–water partition coefficient (Wildman–Crippen LogP) is 1.82. The quantitative estimate of drug-likeness (QED) is 0.585. The summed E-state index contributed by atoms with van der Waals surface area (Å²) in [6.45, 7) is 0. The van der Waals surface area contributed by atoms with E-state index in [2.05, 4.69) is 20.9 Å². The fourth-order valence-electron chi connectivity index (χ4n) is 0.826. The Labute approximate surface area is 82.3 Å². The van der Waals surface area contributed by atoms with Crippen molar-refractivity contribution in [2.24, 2.45) is 0 Å². The van der Waals surface area contributed by atoms with Crippen LogP contribution >= 0.6 is 15.9 Å². The van der Waals surface area contributed by atoms with Crippen LogP contribution in [0.4, 0.5) is 5.69 Å². The zero-order chi connectivity index (χ0) is 9.84. The van der Waals surface area contributed by atoms with E-state index in [9.17, 15) is 10.1 Å². The van der Waals surface area contributed by atoms with E-state index < -0.39 is 4.92 Å². The Bertz CT molecular complexity index is 386. The van der Waals surface area contributed by atoms with E-state index in [4.69, 9.17) is 5.26 Å². The number of pyridine rings is 1. The molecular formula is C7H4BrN3O2. The molecule has 0 saturated carbocycles. The van der Waals surface area contributed by atoms with Gasteiger partial charge in [0.05, 0.1) is 17.4 Å². The SMILES string of the molecule is N#CCc1ncc(Br)cc1[N+](=O)[O-]. The van der Waals surface area contributed by atoms with Crippen LogP contribution in [0.2, 0.25) is 0 Å². The lowest BCUT2D eigenvalue weighted by Crippen LogP contribution is -1.97. The molecule has 1 aromatic rings. The maximum absolute atomic E-state index is 10.5. The van der Waals surface area contributed by atoms with Crippen molar-refractivity contribution in [3.05, 3.63) is 32.5 Å². The molecule has 0 aliphatic carbocycles. The third-order valence-electron chi connectivity index (χ3n) is 1.36. The fraction of sp³-hybridized carbons (Fsp3) is 0.143. The molecule has 13 heavy (non-hydrogen) atoms. The second-order valence-electron chi connectivity index (χ2n) is 2.21. The van der Waals surface area contributed by atoms with Crippen LogP contribution in [0, 0.1) is 21.4 Å². The topological polar surface area (TPSA) is 79.8 Å². The highest BCUT2D eigenvalue weighted by Gasteiger charge is 2.14. The normalized spacial score (nSPS) is 9.23. The highest BCUT2D eigenvalue weighted by Crippen LogP contribution is 2.21. The minimum atomic E-state index is -0.551. The van der Waals surface area contributed by atoms with Gasteiger partial charge in [0.1, 0.15) is 5.69 Å². The van der Waals surface area contributed by atoms with Crippen LogP contribution in [0.25, 0.3) is 0 Å². The predicted molar refractivity (Wildman–Crippen MR) is 47.9 cm³/mol. The first-order valence-electron chi connectivity index (χ1n) is 3.31. The standard InChI is InChI=1S/C7H4BrN3O2/c8-5-3-7(11(12)13)6(1-2-9)10-4-5/h3-4H,1H2. The van der Waals surface area contributed by atoms with E-state index in [1.807, 2.05) is 6.07 Å². The molecule has 66 valence electrons. The van der Waals surface area contributed by atoms with Gasteiger partial charge in [-0.05, 0) is 15.9 Å². The smallest absolute Gasteiger partial charge is 0.258 e. The van der Waals surface area contributed by atoms with Gasteiger partial charge in [0.15, 0.2) is 0 Å². The summed E-state index contributed by atoms with van der Waals surface area (Å²) < 4.78 is 0.529. The van der Waals surface area contributed by atoms with Crippen molar-refractivity contribution in [3.63, 3.8) is 0 Å². The number of nitrogens with zero attached hydrogens (tertiary/aromatic N) is 3. The molecule has 0 bridgehead atoms. The first kappa shape index (κ1) is 9.61. The van der Waals surface area contributed by atoms with Crippen LogP contribution in [-0.2, 0) is 6.42 Å². The number of nitriles is 1. The van der Waals surface area contributed by atoms with Crippen LogP contribution in [0.3, 0.4) is 0 Å². The van der Waals surface area contributed by atoms with Crippen molar-refractivity contribution in [3.8, 4) is 6.07 Å². The lowest BCUT2D eigenvalue weighted by Gasteiger charge is -1.96. The van der Waals surface area contributed by atoms with Crippen molar-refractivity contribution in [2.75, 3.05) is 0 Å². The minimum absolute atomic E-state index is 0.0520. The van der Waals surface area contributed by atoms with Gasteiger partial charge in [-0.25, -0.2) is 0 Å². The zero-order valence-corrected chi connectivity index (χ0v) is 7.98. The maximum atomic E-state index is 10.5. The molecule has 0 saturated heterocycles. The van der Waals surface area contributed by atoms with Gasteiger partial charge in [0, 0.05) is 16.7 Å². The van der Waals surface area contributed by atoms with Crippen LogP contribution in [0.15, 0.2) is 16.7 Å². The van der Waals surface area contributed by atoms with E-state index in [1.165, 1.54) is 12.3 Å². The third kappa shape index (κ3) is 2.23. The molecule has 1 heterocycles. The average molecular weight is 242 g/mol. The molecule has 5 nitrogen and oxygen atoms in total. The number of aromatic nitrogens is 1. The number of halogens is 1. The molecule has 6 heteroatoms. The summed E-state index contributed by atoms with van der Waals surface area (Å²) in [5, 5.41) is 18.9. The van der Waals surface area contributed by atoms with Crippen molar-refractivity contribution in [2.45, 2.75) is 6.42 Å². The molecule has 0 aromatic carbocycles. The second-order valence-corrected chi connectivity index (χ2v) is 3.13. The monoisotopic (exact) mass is 241 g/mol. The Morgan fingerprint density at radius 3 is 3.00 bits per heavy atom. The summed E-state index contributed by atoms with van der Waals surface area (Å²) in [6.07, 6.45) is 1.38.